The number of benzene rings is 1. The summed E-state index contributed by atoms with van der Waals surface area (Å²) < 4.78 is 10.8. The second-order valence-electron chi connectivity index (χ2n) is 4.90. The lowest BCUT2D eigenvalue weighted by atomic mass is 10.1. The molecule has 1 amide bonds. The number of thiocarbonyl (C=S) groups is 1. The lowest BCUT2D eigenvalue weighted by Gasteiger charge is -2.21. The zero-order valence-electron chi connectivity index (χ0n) is 13.4. The molecule has 1 fully saturated rings. The summed E-state index contributed by atoms with van der Waals surface area (Å²) in [4.78, 5) is 25.4. The van der Waals surface area contributed by atoms with E-state index < -0.39 is 17.9 Å². The fourth-order valence-electron chi connectivity index (χ4n) is 2.38. The van der Waals surface area contributed by atoms with Gasteiger partial charge in [0.2, 0.25) is 0 Å². The molecular weight excluding hydrogens is 350 g/mol. The van der Waals surface area contributed by atoms with Gasteiger partial charge in [0.05, 0.1) is 19.1 Å². The molecule has 8 heteroatoms. The number of nitrogens with zero attached hydrogens (tertiary/aromatic N) is 1. The van der Waals surface area contributed by atoms with E-state index in [1.54, 1.807) is 31.2 Å². The fourth-order valence-corrected chi connectivity index (χ4v) is 3.73. The molecule has 1 heterocycles. The van der Waals surface area contributed by atoms with Crippen molar-refractivity contribution in [1.29, 1.82) is 0 Å². The standard InChI is InChI=1S/C16H17NO5S2/c1-4-10(15(19)20)17-14(18)12(24-16(17)23)8-9-6-5-7-11(21-2)13(9)22-3/h5-8,10H,4H2,1-3H3,(H,19,20)/b12-8+/t10-/m0/s1. The molecule has 0 bridgehead atoms. The van der Waals surface area contributed by atoms with Gasteiger partial charge >= 0.3 is 5.97 Å². The summed E-state index contributed by atoms with van der Waals surface area (Å²) in [5, 5.41) is 9.28. The fraction of sp³-hybridized carbons (Fsp3) is 0.312. The van der Waals surface area contributed by atoms with Crippen molar-refractivity contribution in [3.05, 3.63) is 28.7 Å². The number of methoxy groups -OCH3 is 2. The summed E-state index contributed by atoms with van der Waals surface area (Å²) in [6, 6.07) is 4.34. The topological polar surface area (TPSA) is 76.1 Å². The molecule has 0 radical (unpaired) electrons. The van der Waals surface area contributed by atoms with Crippen LogP contribution < -0.4 is 9.47 Å². The second kappa shape index (κ2) is 7.67. The van der Waals surface area contributed by atoms with Crippen LogP contribution in [0.1, 0.15) is 18.9 Å². The van der Waals surface area contributed by atoms with E-state index in [4.69, 9.17) is 21.7 Å². The Morgan fingerprint density at radius 3 is 2.67 bits per heavy atom. The lowest BCUT2D eigenvalue weighted by molar-refractivity contribution is -0.145. The first kappa shape index (κ1) is 18.3. The number of carboxylic acids is 1. The van der Waals surface area contributed by atoms with E-state index in [9.17, 15) is 14.7 Å². The van der Waals surface area contributed by atoms with Crippen molar-refractivity contribution in [2.45, 2.75) is 19.4 Å². The zero-order valence-corrected chi connectivity index (χ0v) is 15.1. The summed E-state index contributed by atoms with van der Waals surface area (Å²) in [7, 11) is 3.04. The molecule has 24 heavy (non-hydrogen) atoms. The van der Waals surface area contributed by atoms with Crippen LogP contribution in [-0.4, -0.2) is 46.5 Å². The first-order chi connectivity index (χ1) is 11.4. The number of para-hydroxylation sites is 1. The number of amides is 1. The van der Waals surface area contributed by atoms with Crippen molar-refractivity contribution in [2.75, 3.05) is 14.2 Å². The van der Waals surface area contributed by atoms with E-state index >= 15 is 0 Å². The summed E-state index contributed by atoms with van der Waals surface area (Å²) in [6.07, 6.45) is 1.91. The number of carbonyl (C=O) groups excluding carboxylic acids is 1. The van der Waals surface area contributed by atoms with Crippen molar-refractivity contribution >= 4 is 46.3 Å². The highest BCUT2D eigenvalue weighted by Gasteiger charge is 2.39. The maximum absolute atomic E-state index is 12.6. The number of aliphatic carboxylic acids is 1. The van der Waals surface area contributed by atoms with Gasteiger partial charge in [-0.15, -0.1) is 0 Å². The molecule has 1 aliphatic heterocycles. The Kier molecular flexibility index (Phi) is 5.84. The Bertz CT molecular complexity index is 716. The highest BCUT2D eigenvalue weighted by Crippen LogP contribution is 2.38. The Balaban J connectivity index is 2.41. The third-order valence-corrected chi connectivity index (χ3v) is 4.86. The van der Waals surface area contributed by atoms with Gasteiger partial charge in [0.25, 0.3) is 5.91 Å². The van der Waals surface area contributed by atoms with Crippen molar-refractivity contribution < 1.29 is 24.2 Å². The number of carbonyl (C=O) groups is 2. The minimum Gasteiger partial charge on any atom is -0.493 e. The third kappa shape index (κ3) is 3.39. The molecule has 1 saturated heterocycles. The molecule has 1 aromatic rings. The number of rotatable bonds is 6. The van der Waals surface area contributed by atoms with E-state index in [2.05, 4.69) is 0 Å². The quantitative estimate of drug-likeness (QED) is 0.612. The predicted molar refractivity (Wildman–Crippen MR) is 96.3 cm³/mol. The van der Waals surface area contributed by atoms with Gasteiger partial charge in [0.15, 0.2) is 11.5 Å². The first-order valence-corrected chi connectivity index (χ1v) is 8.37. The van der Waals surface area contributed by atoms with Crippen LogP contribution >= 0.6 is 24.0 Å². The van der Waals surface area contributed by atoms with Crippen LogP contribution in [0.5, 0.6) is 11.5 Å². The van der Waals surface area contributed by atoms with Crippen molar-refractivity contribution in [2.24, 2.45) is 0 Å². The summed E-state index contributed by atoms with van der Waals surface area (Å²) >= 11 is 6.27. The van der Waals surface area contributed by atoms with Gasteiger partial charge < -0.3 is 14.6 Å². The molecule has 1 aliphatic rings. The molecule has 2 rings (SSSR count). The van der Waals surface area contributed by atoms with Gasteiger partial charge in [0.1, 0.15) is 10.4 Å². The molecule has 6 nitrogen and oxygen atoms in total. The molecule has 1 N–H and O–H groups in total. The first-order valence-electron chi connectivity index (χ1n) is 7.15. The monoisotopic (exact) mass is 367 g/mol. The SMILES string of the molecule is CC[C@@H](C(=O)O)N1C(=O)/C(=C\c2cccc(OC)c2OC)SC1=S. The summed E-state index contributed by atoms with van der Waals surface area (Å²) in [5.41, 5.74) is 0.653. The molecule has 0 aliphatic carbocycles. The van der Waals surface area contributed by atoms with Gasteiger partial charge in [-0.2, -0.15) is 0 Å². The largest absolute Gasteiger partial charge is 0.493 e. The van der Waals surface area contributed by atoms with Crippen molar-refractivity contribution in [3.63, 3.8) is 0 Å². The van der Waals surface area contributed by atoms with E-state index in [0.717, 1.165) is 16.7 Å². The van der Waals surface area contributed by atoms with Gasteiger partial charge in [-0.05, 0) is 18.6 Å². The van der Waals surface area contributed by atoms with Crippen LogP contribution in [0.15, 0.2) is 23.1 Å². The van der Waals surface area contributed by atoms with E-state index in [0.29, 0.717) is 22.0 Å². The molecule has 1 aromatic carbocycles. The summed E-state index contributed by atoms with van der Waals surface area (Å²) in [6.45, 7) is 1.70. The Labute approximate surface area is 149 Å². The molecule has 0 aromatic heterocycles. The lowest BCUT2D eigenvalue weighted by Crippen LogP contribution is -2.43. The second-order valence-corrected chi connectivity index (χ2v) is 6.57. The Morgan fingerprint density at radius 2 is 2.12 bits per heavy atom. The molecule has 1 atom stereocenters. The number of thioether (sulfide) groups is 1. The average molecular weight is 367 g/mol. The van der Waals surface area contributed by atoms with Gasteiger partial charge in [-0.25, -0.2) is 4.79 Å². The maximum atomic E-state index is 12.6. The van der Waals surface area contributed by atoms with Crippen LogP contribution in [0.25, 0.3) is 6.08 Å². The highest BCUT2D eigenvalue weighted by molar-refractivity contribution is 8.26. The van der Waals surface area contributed by atoms with E-state index in [1.165, 1.54) is 14.2 Å². The summed E-state index contributed by atoms with van der Waals surface area (Å²) in [5.74, 6) is -0.452. The zero-order chi connectivity index (χ0) is 17.9. The number of carboxylic acid groups (broad SMARTS) is 1. The van der Waals surface area contributed by atoms with E-state index in [1.807, 2.05) is 0 Å². The van der Waals surface area contributed by atoms with Gasteiger partial charge in [0, 0.05) is 5.56 Å². The molecule has 128 valence electrons. The van der Waals surface area contributed by atoms with Crippen LogP contribution in [0.3, 0.4) is 0 Å². The third-order valence-electron chi connectivity index (χ3n) is 3.53. The minimum absolute atomic E-state index is 0.238. The molecule has 0 unspecified atom stereocenters. The predicted octanol–water partition coefficient (Wildman–Crippen LogP) is 2.77. The smallest absolute Gasteiger partial charge is 0.326 e. The maximum Gasteiger partial charge on any atom is 0.326 e. The molecule has 0 saturated carbocycles. The average Bonchev–Trinajstić information content (AvgIpc) is 2.82. The van der Waals surface area contributed by atoms with Crippen molar-refractivity contribution in [3.8, 4) is 11.5 Å². The normalized spacial score (nSPS) is 17.3. The molecular formula is C16H17NO5S2. The van der Waals surface area contributed by atoms with Crippen LogP contribution in [0.2, 0.25) is 0 Å². The van der Waals surface area contributed by atoms with Gasteiger partial charge in [-0.3, -0.25) is 9.69 Å². The van der Waals surface area contributed by atoms with Crippen LogP contribution in [-0.2, 0) is 9.59 Å². The van der Waals surface area contributed by atoms with Crippen molar-refractivity contribution in [1.82, 2.24) is 4.90 Å². The van der Waals surface area contributed by atoms with Crippen LogP contribution in [0.4, 0.5) is 0 Å². The van der Waals surface area contributed by atoms with Crippen LogP contribution in [0, 0.1) is 0 Å². The number of hydrogen-bond acceptors (Lipinski definition) is 6. The Hall–Kier alpha value is -2.06. The Morgan fingerprint density at radius 1 is 1.42 bits per heavy atom. The van der Waals surface area contributed by atoms with Gasteiger partial charge in [-0.1, -0.05) is 43.0 Å². The number of ether oxygens (including phenoxy) is 2. The van der Waals surface area contributed by atoms with E-state index in [-0.39, 0.29) is 10.7 Å². The number of hydrogen-bond donors (Lipinski definition) is 1. The highest BCUT2D eigenvalue weighted by atomic mass is 32.2. The molecule has 0 spiro atoms. The minimum atomic E-state index is -1.07.